The van der Waals surface area contributed by atoms with Crippen LogP contribution >= 0.6 is 0 Å². The molecule has 1 amide bonds. The van der Waals surface area contributed by atoms with E-state index < -0.39 is 29.1 Å². The van der Waals surface area contributed by atoms with Crippen LogP contribution in [0, 0.1) is 5.41 Å². The Bertz CT molecular complexity index is 526. The molecular formula is C18H27NO4. The molecule has 5 nitrogen and oxygen atoms in total. The summed E-state index contributed by atoms with van der Waals surface area (Å²) in [6, 6.07) is 8.61. The van der Waals surface area contributed by atoms with E-state index in [-0.39, 0.29) is 6.61 Å². The first-order valence-electron chi connectivity index (χ1n) is 7.69. The maximum absolute atomic E-state index is 12.4. The average molecular weight is 321 g/mol. The predicted molar refractivity (Wildman–Crippen MR) is 88.9 cm³/mol. The summed E-state index contributed by atoms with van der Waals surface area (Å²) in [6.45, 7) is 11.1. The van der Waals surface area contributed by atoms with E-state index in [0.717, 1.165) is 5.56 Å². The maximum atomic E-state index is 12.4. The summed E-state index contributed by atoms with van der Waals surface area (Å²) in [7, 11) is 0. The molecule has 0 saturated heterocycles. The van der Waals surface area contributed by atoms with Crippen LogP contribution in [0.25, 0.3) is 0 Å². The van der Waals surface area contributed by atoms with Crippen molar-refractivity contribution < 1.29 is 19.1 Å². The lowest BCUT2D eigenvalue weighted by Crippen LogP contribution is -2.51. The fraction of sp³-hybridized carbons (Fsp3) is 0.556. The van der Waals surface area contributed by atoms with Gasteiger partial charge in [-0.15, -0.1) is 0 Å². The number of benzene rings is 1. The van der Waals surface area contributed by atoms with Gasteiger partial charge in [-0.2, -0.15) is 0 Å². The second kappa shape index (κ2) is 7.49. The molecule has 0 aromatic heterocycles. The summed E-state index contributed by atoms with van der Waals surface area (Å²) in [5.41, 5.74) is -0.226. The number of carbonyl (C=O) groups is 2. The van der Waals surface area contributed by atoms with Gasteiger partial charge in [-0.05, 0) is 31.7 Å². The molecule has 1 aromatic rings. The highest BCUT2D eigenvalue weighted by Crippen LogP contribution is 2.21. The number of ether oxygens (including phenoxy) is 2. The Hall–Kier alpha value is -2.04. The van der Waals surface area contributed by atoms with Crippen molar-refractivity contribution in [2.24, 2.45) is 5.41 Å². The number of alkyl carbamates (subject to hydrolysis) is 1. The molecule has 0 aliphatic carbocycles. The van der Waals surface area contributed by atoms with Gasteiger partial charge in [-0.3, -0.25) is 0 Å². The van der Waals surface area contributed by atoms with Crippen molar-refractivity contribution in [3.8, 4) is 0 Å². The monoisotopic (exact) mass is 321 g/mol. The van der Waals surface area contributed by atoms with Crippen molar-refractivity contribution in [1.29, 1.82) is 0 Å². The van der Waals surface area contributed by atoms with Crippen molar-refractivity contribution in [2.75, 3.05) is 0 Å². The van der Waals surface area contributed by atoms with Gasteiger partial charge in [0.15, 0.2) is 0 Å². The summed E-state index contributed by atoms with van der Waals surface area (Å²) in [5, 5.41) is 2.61. The van der Waals surface area contributed by atoms with Crippen molar-refractivity contribution >= 4 is 12.1 Å². The molecule has 0 spiro atoms. The largest absolute Gasteiger partial charge is 0.459 e. The van der Waals surface area contributed by atoms with Gasteiger partial charge in [0.25, 0.3) is 0 Å². The summed E-state index contributed by atoms with van der Waals surface area (Å²) in [4.78, 5) is 24.3. The van der Waals surface area contributed by atoms with E-state index >= 15 is 0 Å². The van der Waals surface area contributed by atoms with Crippen molar-refractivity contribution in [3.63, 3.8) is 0 Å². The molecule has 0 fully saturated rings. The van der Waals surface area contributed by atoms with Gasteiger partial charge < -0.3 is 14.8 Å². The lowest BCUT2D eigenvalue weighted by molar-refractivity contribution is -0.150. The highest BCUT2D eigenvalue weighted by atomic mass is 16.6. The van der Waals surface area contributed by atoms with E-state index in [1.54, 1.807) is 20.8 Å². The third kappa shape index (κ3) is 7.17. The zero-order chi connectivity index (χ0) is 17.7. The molecule has 0 heterocycles. The molecule has 23 heavy (non-hydrogen) atoms. The van der Waals surface area contributed by atoms with E-state index in [0.29, 0.717) is 0 Å². The van der Waals surface area contributed by atoms with Gasteiger partial charge in [0.1, 0.15) is 18.2 Å². The standard InChI is InChI=1S/C18H27NO4/c1-17(2,3)14(19-16(21)23-18(4,5)6)15(20)22-12-13-10-8-7-9-11-13/h7-11,14H,12H2,1-6H3,(H,19,21)/t14-/m1/s1. The first-order chi connectivity index (χ1) is 10.5. The van der Waals surface area contributed by atoms with Crippen LogP contribution < -0.4 is 5.32 Å². The fourth-order valence-corrected chi connectivity index (χ4v) is 1.87. The molecule has 0 radical (unpaired) electrons. The summed E-state index contributed by atoms with van der Waals surface area (Å²) < 4.78 is 10.6. The van der Waals surface area contributed by atoms with Crippen molar-refractivity contribution in [2.45, 2.75) is 59.8 Å². The minimum Gasteiger partial charge on any atom is -0.459 e. The van der Waals surface area contributed by atoms with Crippen LogP contribution in [0.3, 0.4) is 0 Å². The predicted octanol–water partition coefficient (Wildman–Crippen LogP) is 3.67. The molecule has 0 saturated carbocycles. The van der Waals surface area contributed by atoms with Crippen LogP contribution in [0.5, 0.6) is 0 Å². The van der Waals surface area contributed by atoms with Crippen LogP contribution in [0.2, 0.25) is 0 Å². The molecular weight excluding hydrogens is 294 g/mol. The quantitative estimate of drug-likeness (QED) is 0.859. The average Bonchev–Trinajstić information content (AvgIpc) is 2.40. The first kappa shape index (κ1) is 19.0. The van der Waals surface area contributed by atoms with E-state index in [4.69, 9.17) is 9.47 Å². The minimum absolute atomic E-state index is 0.169. The highest BCUT2D eigenvalue weighted by Gasteiger charge is 2.35. The zero-order valence-corrected chi connectivity index (χ0v) is 14.8. The van der Waals surface area contributed by atoms with Gasteiger partial charge >= 0.3 is 12.1 Å². The van der Waals surface area contributed by atoms with Gasteiger partial charge in [-0.25, -0.2) is 9.59 Å². The van der Waals surface area contributed by atoms with Gasteiger partial charge in [0.2, 0.25) is 0 Å². The second-order valence-corrected chi connectivity index (χ2v) is 7.54. The summed E-state index contributed by atoms with van der Waals surface area (Å²) >= 11 is 0. The zero-order valence-electron chi connectivity index (χ0n) is 14.8. The highest BCUT2D eigenvalue weighted by molar-refractivity contribution is 5.82. The smallest absolute Gasteiger partial charge is 0.408 e. The third-order valence-electron chi connectivity index (χ3n) is 2.99. The van der Waals surface area contributed by atoms with Crippen LogP contribution in [0.15, 0.2) is 30.3 Å². The normalized spacial score (nSPS) is 13.1. The molecule has 128 valence electrons. The number of carbonyl (C=O) groups excluding carboxylic acids is 2. The summed E-state index contributed by atoms with van der Waals surface area (Å²) in [6.07, 6.45) is -0.630. The van der Waals surface area contributed by atoms with Crippen LogP contribution in [-0.4, -0.2) is 23.7 Å². The number of amides is 1. The Morgan fingerprint density at radius 2 is 1.61 bits per heavy atom. The van der Waals surface area contributed by atoms with Gasteiger partial charge in [-0.1, -0.05) is 51.1 Å². The third-order valence-corrected chi connectivity index (χ3v) is 2.99. The number of hydrogen-bond acceptors (Lipinski definition) is 4. The van der Waals surface area contributed by atoms with E-state index in [2.05, 4.69) is 5.32 Å². The Morgan fingerprint density at radius 1 is 1.04 bits per heavy atom. The molecule has 0 unspecified atom stereocenters. The van der Waals surface area contributed by atoms with Crippen molar-refractivity contribution in [3.05, 3.63) is 35.9 Å². The van der Waals surface area contributed by atoms with Gasteiger partial charge in [0, 0.05) is 0 Å². The van der Waals surface area contributed by atoms with E-state index in [9.17, 15) is 9.59 Å². The number of esters is 1. The molecule has 1 N–H and O–H groups in total. The minimum atomic E-state index is -0.791. The molecule has 0 aliphatic rings. The van der Waals surface area contributed by atoms with Gasteiger partial charge in [0.05, 0.1) is 0 Å². The molecule has 1 aromatic carbocycles. The number of hydrogen-bond donors (Lipinski definition) is 1. The molecule has 5 heteroatoms. The van der Waals surface area contributed by atoms with Crippen LogP contribution in [0.1, 0.15) is 47.1 Å². The number of nitrogens with one attached hydrogen (secondary N) is 1. The van der Waals surface area contributed by atoms with Crippen LogP contribution in [-0.2, 0) is 20.9 Å². The molecule has 0 aliphatic heterocycles. The Balaban J connectivity index is 2.70. The Morgan fingerprint density at radius 3 is 2.09 bits per heavy atom. The van der Waals surface area contributed by atoms with Crippen LogP contribution in [0.4, 0.5) is 4.79 Å². The molecule has 1 rings (SSSR count). The Kier molecular flexibility index (Phi) is 6.19. The lowest BCUT2D eigenvalue weighted by atomic mass is 9.87. The van der Waals surface area contributed by atoms with E-state index in [1.165, 1.54) is 0 Å². The number of rotatable bonds is 4. The SMILES string of the molecule is CC(C)(C)OC(=O)N[C@H](C(=O)OCc1ccccc1)C(C)(C)C. The molecule has 1 atom stereocenters. The lowest BCUT2D eigenvalue weighted by Gasteiger charge is -2.30. The van der Waals surface area contributed by atoms with Crippen molar-refractivity contribution in [1.82, 2.24) is 5.32 Å². The summed E-state index contributed by atoms with van der Waals surface area (Å²) in [5.74, 6) is -0.479. The fourth-order valence-electron chi connectivity index (χ4n) is 1.87. The Labute approximate surface area is 138 Å². The second-order valence-electron chi connectivity index (χ2n) is 7.54. The first-order valence-corrected chi connectivity index (χ1v) is 7.69. The molecule has 0 bridgehead atoms. The topological polar surface area (TPSA) is 64.6 Å². The maximum Gasteiger partial charge on any atom is 0.408 e. The van der Waals surface area contributed by atoms with E-state index in [1.807, 2.05) is 51.1 Å².